The Kier molecular flexibility index (Phi) is 1.50. The van der Waals surface area contributed by atoms with Crippen molar-refractivity contribution in [2.45, 2.75) is 25.4 Å². The van der Waals surface area contributed by atoms with E-state index in [1.807, 2.05) is 17.8 Å². The normalized spacial score (nSPS) is 23.3. The van der Waals surface area contributed by atoms with Gasteiger partial charge in [0.05, 0.1) is 6.10 Å². The molecule has 1 N–H and O–H groups in total. The van der Waals surface area contributed by atoms with Gasteiger partial charge in [0.25, 0.3) is 0 Å². The third-order valence-corrected chi connectivity index (χ3v) is 2.36. The summed E-state index contributed by atoms with van der Waals surface area (Å²) < 4.78 is 2.03. The third kappa shape index (κ3) is 1.07. The minimum Gasteiger partial charge on any atom is -0.388 e. The van der Waals surface area contributed by atoms with Crippen LogP contribution in [0.25, 0.3) is 0 Å². The van der Waals surface area contributed by atoms with Gasteiger partial charge in [-0.25, -0.2) is 0 Å². The van der Waals surface area contributed by atoms with Crippen LogP contribution in [0.2, 0.25) is 0 Å². The first-order valence-corrected chi connectivity index (χ1v) is 4.10. The summed E-state index contributed by atoms with van der Waals surface area (Å²) in [5, 5.41) is 9.56. The molecule has 0 saturated carbocycles. The lowest BCUT2D eigenvalue weighted by molar-refractivity contribution is 0.157. The fourth-order valence-corrected chi connectivity index (χ4v) is 1.81. The van der Waals surface area contributed by atoms with Gasteiger partial charge in [0.2, 0.25) is 0 Å². The molecule has 1 unspecified atom stereocenters. The Hall–Kier alpha value is -0.760. The van der Waals surface area contributed by atoms with Crippen LogP contribution in [0.3, 0.4) is 0 Å². The molecule has 1 aromatic rings. The Morgan fingerprint density at radius 2 is 2.36 bits per heavy atom. The molecule has 1 aliphatic carbocycles. The highest BCUT2D eigenvalue weighted by Gasteiger charge is 2.18. The Balaban J connectivity index is 2.43. The zero-order valence-electron chi connectivity index (χ0n) is 6.75. The molecular weight excluding hydrogens is 138 g/mol. The summed E-state index contributed by atoms with van der Waals surface area (Å²) in [4.78, 5) is 0. The molecule has 2 nitrogen and oxygen atoms in total. The van der Waals surface area contributed by atoms with Crippen molar-refractivity contribution in [2.75, 3.05) is 0 Å². The highest BCUT2D eigenvalue weighted by atomic mass is 16.3. The number of aliphatic hydroxyl groups excluding tert-OH is 1. The average molecular weight is 151 g/mol. The summed E-state index contributed by atoms with van der Waals surface area (Å²) in [5.74, 6) is 0. The van der Waals surface area contributed by atoms with E-state index in [1.165, 1.54) is 5.56 Å². The number of nitrogens with zero attached hydrogens (tertiary/aromatic N) is 1. The van der Waals surface area contributed by atoms with Crippen molar-refractivity contribution >= 4 is 0 Å². The molecule has 0 aliphatic heterocycles. The van der Waals surface area contributed by atoms with Gasteiger partial charge < -0.3 is 9.67 Å². The highest BCUT2D eigenvalue weighted by molar-refractivity contribution is 5.28. The molecule has 1 aliphatic rings. The van der Waals surface area contributed by atoms with Crippen LogP contribution in [0.15, 0.2) is 12.4 Å². The van der Waals surface area contributed by atoms with Crippen molar-refractivity contribution in [3.8, 4) is 0 Å². The minimum absolute atomic E-state index is 0.208. The number of aliphatic hydroxyl groups is 1. The molecule has 1 heterocycles. The monoisotopic (exact) mass is 151 g/mol. The third-order valence-electron chi connectivity index (χ3n) is 2.36. The molecule has 2 heteroatoms. The number of fused-ring (bicyclic) bond motifs is 1. The second-order valence-electron chi connectivity index (χ2n) is 3.31. The Labute approximate surface area is 66.5 Å². The summed E-state index contributed by atoms with van der Waals surface area (Å²) in [5.41, 5.74) is 2.46. The Morgan fingerprint density at radius 1 is 1.55 bits per heavy atom. The standard InChI is InChI=1S/C9H13NO/c1-10-5-7-3-2-4-9(11)8(7)6-10/h5-6,9,11H,2-4H2,1H3. The fourth-order valence-electron chi connectivity index (χ4n) is 1.81. The largest absolute Gasteiger partial charge is 0.388 e. The number of hydrogen-bond donors (Lipinski definition) is 1. The van der Waals surface area contributed by atoms with Gasteiger partial charge in [-0.3, -0.25) is 0 Å². The highest BCUT2D eigenvalue weighted by Crippen LogP contribution is 2.29. The second kappa shape index (κ2) is 2.38. The van der Waals surface area contributed by atoms with Gasteiger partial charge in [-0.1, -0.05) is 0 Å². The topological polar surface area (TPSA) is 25.2 Å². The van der Waals surface area contributed by atoms with E-state index >= 15 is 0 Å². The molecule has 0 fully saturated rings. The first-order chi connectivity index (χ1) is 5.27. The minimum atomic E-state index is -0.208. The quantitative estimate of drug-likeness (QED) is 0.595. The lowest BCUT2D eigenvalue weighted by Gasteiger charge is -2.16. The molecule has 2 rings (SSSR count). The molecule has 0 saturated heterocycles. The Bertz CT molecular complexity index is 265. The van der Waals surface area contributed by atoms with Crippen LogP contribution in [0.4, 0.5) is 0 Å². The van der Waals surface area contributed by atoms with E-state index in [4.69, 9.17) is 0 Å². The summed E-state index contributed by atoms with van der Waals surface area (Å²) in [6.07, 6.45) is 7.11. The van der Waals surface area contributed by atoms with Crippen LogP contribution in [0, 0.1) is 0 Å². The number of aryl methyl sites for hydroxylation is 2. The van der Waals surface area contributed by atoms with Crippen molar-refractivity contribution < 1.29 is 5.11 Å². The SMILES string of the molecule is Cn1cc2c(c1)C(O)CCC2. The molecular formula is C9H13NO. The molecule has 1 atom stereocenters. The van der Waals surface area contributed by atoms with Gasteiger partial charge in [-0.05, 0) is 24.8 Å². The van der Waals surface area contributed by atoms with Crippen molar-refractivity contribution in [3.63, 3.8) is 0 Å². The first kappa shape index (κ1) is 6.92. The van der Waals surface area contributed by atoms with E-state index in [0.29, 0.717) is 0 Å². The Morgan fingerprint density at radius 3 is 3.09 bits per heavy atom. The molecule has 0 radical (unpaired) electrons. The van der Waals surface area contributed by atoms with E-state index in [2.05, 4.69) is 6.20 Å². The van der Waals surface area contributed by atoms with Gasteiger partial charge in [0.1, 0.15) is 0 Å². The fraction of sp³-hybridized carbons (Fsp3) is 0.556. The van der Waals surface area contributed by atoms with Gasteiger partial charge in [-0.2, -0.15) is 0 Å². The summed E-state index contributed by atoms with van der Waals surface area (Å²) in [6.45, 7) is 0. The van der Waals surface area contributed by atoms with Gasteiger partial charge in [0.15, 0.2) is 0 Å². The van der Waals surface area contributed by atoms with Crippen LogP contribution in [-0.2, 0) is 13.5 Å². The van der Waals surface area contributed by atoms with E-state index in [0.717, 1.165) is 24.8 Å². The average Bonchev–Trinajstić information content (AvgIpc) is 2.31. The number of rotatable bonds is 0. The van der Waals surface area contributed by atoms with E-state index in [-0.39, 0.29) is 6.10 Å². The van der Waals surface area contributed by atoms with E-state index in [1.54, 1.807) is 0 Å². The number of aromatic nitrogens is 1. The zero-order valence-corrected chi connectivity index (χ0v) is 6.75. The summed E-state index contributed by atoms with van der Waals surface area (Å²) >= 11 is 0. The predicted molar refractivity (Wildman–Crippen MR) is 43.3 cm³/mol. The van der Waals surface area contributed by atoms with E-state index in [9.17, 15) is 5.11 Å². The van der Waals surface area contributed by atoms with Gasteiger partial charge in [-0.15, -0.1) is 0 Å². The van der Waals surface area contributed by atoms with Gasteiger partial charge in [0, 0.05) is 25.0 Å². The molecule has 0 spiro atoms. The maximum atomic E-state index is 9.56. The van der Waals surface area contributed by atoms with E-state index < -0.39 is 0 Å². The zero-order chi connectivity index (χ0) is 7.84. The van der Waals surface area contributed by atoms with Crippen LogP contribution >= 0.6 is 0 Å². The van der Waals surface area contributed by atoms with Crippen molar-refractivity contribution in [1.82, 2.24) is 4.57 Å². The van der Waals surface area contributed by atoms with Crippen LogP contribution < -0.4 is 0 Å². The molecule has 0 aromatic carbocycles. The summed E-state index contributed by atoms with van der Waals surface area (Å²) in [6, 6.07) is 0. The lowest BCUT2D eigenvalue weighted by atomic mass is 9.93. The van der Waals surface area contributed by atoms with Crippen molar-refractivity contribution in [1.29, 1.82) is 0 Å². The molecule has 11 heavy (non-hydrogen) atoms. The maximum absolute atomic E-state index is 9.56. The van der Waals surface area contributed by atoms with Crippen LogP contribution in [0.5, 0.6) is 0 Å². The summed E-state index contributed by atoms with van der Waals surface area (Å²) in [7, 11) is 2.00. The van der Waals surface area contributed by atoms with Crippen LogP contribution in [-0.4, -0.2) is 9.67 Å². The second-order valence-corrected chi connectivity index (χ2v) is 3.31. The molecule has 60 valence electrons. The maximum Gasteiger partial charge on any atom is 0.0807 e. The van der Waals surface area contributed by atoms with Crippen molar-refractivity contribution in [3.05, 3.63) is 23.5 Å². The number of hydrogen-bond acceptors (Lipinski definition) is 1. The first-order valence-electron chi connectivity index (χ1n) is 4.10. The lowest BCUT2D eigenvalue weighted by Crippen LogP contribution is -2.05. The van der Waals surface area contributed by atoms with Crippen LogP contribution in [0.1, 0.15) is 30.1 Å². The molecule has 0 bridgehead atoms. The van der Waals surface area contributed by atoms with Crippen molar-refractivity contribution in [2.24, 2.45) is 7.05 Å². The predicted octanol–water partition coefficient (Wildman–Crippen LogP) is 1.39. The molecule has 1 aromatic heterocycles. The van der Waals surface area contributed by atoms with Gasteiger partial charge >= 0.3 is 0 Å². The smallest absolute Gasteiger partial charge is 0.0807 e. The molecule has 0 amide bonds.